The van der Waals surface area contributed by atoms with Gasteiger partial charge in [-0.1, -0.05) is 18.2 Å². The summed E-state index contributed by atoms with van der Waals surface area (Å²) in [7, 11) is 1.64. The molecule has 2 fully saturated rings. The number of nitrogens with one attached hydrogen (secondary N) is 1. The lowest BCUT2D eigenvalue weighted by Gasteiger charge is -2.46. The molecule has 7 heteroatoms. The van der Waals surface area contributed by atoms with Crippen LogP contribution in [0.2, 0.25) is 0 Å². The number of hydrogen-bond donors (Lipinski definition) is 1. The van der Waals surface area contributed by atoms with Crippen LogP contribution in [0.3, 0.4) is 0 Å². The van der Waals surface area contributed by atoms with Gasteiger partial charge in [0.25, 0.3) is 0 Å². The van der Waals surface area contributed by atoms with Crippen LogP contribution in [-0.4, -0.2) is 59.5 Å². The number of carbonyl (C=O) groups excluding carboxylic acids is 2. The number of nitrogens with zero attached hydrogens (tertiary/aromatic N) is 3. The molecule has 0 unspecified atom stereocenters. The number of rotatable bonds is 7. The van der Waals surface area contributed by atoms with Crippen LogP contribution in [0.15, 0.2) is 48.7 Å². The summed E-state index contributed by atoms with van der Waals surface area (Å²) in [5, 5.41) is 2.88. The molecule has 1 saturated heterocycles. The highest BCUT2D eigenvalue weighted by Gasteiger charge is 2.55. The molecule has 0 bridgehead atoms. The minimum Gasteiger partial charge on any atom is -0.497 e. The maximum Gasteiger partial charge on any atom is 0.318 e. The van der Waals surface area contributed by atoms with Gasteiger partial charge >= 0.3 is 6.03 Å². The Morgan fingerprint density at radius 3 is 2.50 bits per heavy atom. The molecule has 1 N–H and O–H groups in total. The van der Waals surface area contributed by atoms with Crippen molar-refractivity contribution < 1.29 is 14.3 Å². The molecule has 1 aliphatic carbocycles. The van der Waals surface area contributed by atoms with E-state index >= 15 is 0 Å². The highest BCUT2D eigenvalue weighted by atomic mass is 16.5. The van der Waals surface area contributed by atoms with Crippen molar-refractivity contribution in [1.82, 2.24) is 20.1 Å². The summed E-state index contributed by atoms with van der Waals surface area (Å²) < 4.78 is 5.23. The third-order valence-corrected chi connectivity index (χ3v) is 6.04. The van der Waals surface area contributed by atoms with Gasteiger partial charge in [0, 0.05) is 25.8 Å². The highest BCUT2D eigenvalue weighted by molar-refractivity contribution is 5.92. The van der Waals surface area contributed by atoms with E-state index in [4.69, 9.17) is 4.74 Å². The van der Waals surface area contributed by atoms with Crippen molar-refractivity contribution in [3.05, 3.63) is 59.9 Å². The van der Waals surface area contributed by atoms with Gasteiger partial charge in [-0.2, -0.15) is 0 Å². The van der Waals surface area contributed by atoms with Gasteiger partial charge < -0.3 is 19.9 Å². The molecule has 30 heavy (non-hydrogen) atoms. The maximum atomic E-state index is 13.2. The minimum atomic E-state index is -0.408. The van der Waals surface area contributed by atoms with E-state index in [1.54, 1.807) is 18.2 Å². The lowest BCUT2D eigenvalue weighted by Crippen LogP contribution is -2.64. The number of pyridine rings is 1. The molecule has 1 aromatic heterocycles. The standard InChI is InChI=1S/C23H28N4O3/c1-3-24-22(29)27(14-18-6-4-5-13-25-18)19-15-26(16-19)21(28)23(11-12-23)17-7-9-20(30-2)10-8-17/h4-10,13,19H,3,11-12,14-16H2,1-2H3,(H,24,29). The number of ether oxygens (including phenoxy) is 1. The Bertz CT molecular complexity index is 890. The summed E-state index contributed by atoms with van der Waals surface area (Å²) in [6.45, 7) is 4.01. The SMILES string of the molecule is CCNC(=O)N(Cc1ccccn1)C1CN(C(=O)C2(c3ccc(OC)cc3)CC2)C1. The molecule has 3 amide bonds. The van der Waals surface area contributed by atoms with E-state index in [1.807, 2.05) is 54.3 Å². The van der Waals surface area contributed by atoms with Crippen molar-refractivity contribution in [1.29, 1.82) is 0 Å². The van der Waals surface area contributed by atoms with E-state index in [2.05, 4.69) is 10.3 Å². The number of carbonyl (C=O) groups is 2. The maximum absolute atomic E-state index is 13.2. The largest absolute Gasteiger partial charge is 0.497 e. The van der Waals surface area contributed by atoms with Gasteiger partial charge in [-0.25, -0.2) is 4.79 Å². The van der Waals surface area contributed by atoms with Crippen LogP contribution in [0, 0.1) is 0 Å². The van der Waals surface area contributed by atoms with Gasteiger partial charge in [-0.05, 0) is 49.6 Å². The predicted molar refractivity (Wildman–Crippen MR) is 113 cm³/mol. The molecule has 2 aromatic rings. The fraction of sp³-hybridized carbons (Fsp3) is 0.435. The zero-order valence-electron chi connectivity index (χ0n) is 17.5. The van der Waals surface area contributed by atoms with Crippen molar-refractivity contribution in [2.45, 2.75) is 37.8 Å². The zero-order valence-corrected chi connectivity index (χ0v) is 17.5. The number of benzene rings is 1. The van der Waals surface area contributed by atoms with Gasteiger partial charge in [0.1, 0.15) is 5.75 Å². The number of likely N-dealkylation sites (tertiary alicyclic amines) is 1. The Labute approximate surface area is 177 Å². The van der Waals surface area contributed by atoms with Gasteiger partial charge in [0.05, 0.1) is 30.8 Å². The van der Waals surface area contributed by atoms with Crippen LogP contribution < -0.4 is 10.1 Å². The second-order valence-electron chi connectivity index (χ2n) is 7.96. The van der Waals surface area contributed by atoms with E-state index in [0.29, 0.717) is 26.2 Å². The van der Waals surface area contributed by atoms with Crippen molar-refractivity contribution in [3.8, 4) is 5.75 Å². The first-order valence-corrected chi connectivity index (χ1v) is 10.5. The number of methoxy groups -OCH3 is 1. The average Bonchev–Trinajstić information content (AvgIpc) is 3.55. The van der Waals surface area contributed by atoms with Crippen molar-refractivity contribution in [3.63, 3.8) is 0 Å². The van der Waals surface area contributed by atoms with Crippen LogP contribution in [0.25, 0.3) is 0 Å². The van der Waals surface area contributed by atoms with E-state index < -0.39 is 5.41 Å². The van der Waals surface area contributed by atoms with Gasteiger partial charge in [0.2, 0.25) is 5.91 Å². The molecule has 4 rings (SSSR count). The monoisotopic (exact) mass is 408 g/mol. The summed E-state index contributed by atoms with van der Waals surface area (Å²) in [4.78, 5) is 33.9. The van der Waals surface area contributed by atoms with Crippen LogP contribution in [0.1, 0.15) is 31.0 Å². The van der Waals surface area contributed by atoms with Gasteiger partial charge in [-0.15, -0.1) is 0 Å². The topological polar surface area (TPSA) is 74.8 Å². The summed E-state index contributed by atoms with van der Waals surface area (Å²) >= 11 is 0. The summed E-state index contributed by atoms with van der Waals surface area (Å²) in [5.41, 5.74) is 1.48. The van der Waals surface area contributed by atoms with E-state index in [1.165, 1.54) is 0 Å². The summed E-state index contributed by atoms with van der Waals surface area (Å²) in [6.07, 6.45) is 3.47. The molecule has 0 spiro atoms. The first-order chi connectivity index (χ1) is 14.6. The molecular weight excluding hydrogens is 380 g/mol. The Morgan fingerprint density at radius 2 is 1.93 bits per heavy atom. The molecule has 1 saturated carbocycles. The van der Waals surface area contributed by atoms with Gasteiger partial charge in [0.15, 0.2) is 0 Å². The highest BCUT2D eigenvalue weighted by Crippen LogP contribution is 2.50. The Balaban J connectivity index is 1.42. The minimum absolute atomic E-state index is 0.00539. The Hall–Kier alpha value is -3.09. The number of urea groups is 1. The van der Waals surface area contributed by atoms with E-state index in [9.17, 15) is 9.59 Å². The fourth-order valence-corrected chi connectivity index (χ4v) is 4.07. The Morgan fingerprint density at radius 1 is 1.20 bits per heavy atom. The molecule has 1 aliphatic heterocycles. The molecule has 7 nitrogen and oxygen atoms in total. The Kier molecular flexibility index (Phi) is 5.61. The average molecular weight is 409 g/mol. The molecule has 0 atom stereocenters. The van der Waals surface area contributed by atoms with Crippen molar-refractivity contribution >= 4 is 11.9 Å². The predicted octanol–water partition coefficient (Wildman–Crippen LogP) is 2.56. The molecule has 0 radical (unpaired) electrons. The summed E-state index contributed by atoms with van der Waals surface area (Å²) in [5.74, 6) is 0.954. The number of amides is 3. The number of hydrogen-bond acceptors (Lipinski definition) is 4. The number of aromatic nitrogens is 1. The van der Waals surface area contributed by atoms with Crippen molar-refractivity contribution in [2.75, 3.05) is 26.7 Å². The lowest BCUT2D eigenvalue weighted by molar-refractivity contribution is -0.140. The van der Waals surface area contributed by atoms with Crippen LogP contribution in [0.4, 0.5) is 4.79 Å². The molecule has 1 aromatic carbocycles. The van der Waals surface area contributed by atoms with Crippen LogP contribution in [0.5, 0.6) is 5.75 Å². The molecule has 2 heterocycles. The first-order valence-electron chi connectivity index (χ1n) is 10.5. The summed E-state index contributed by atoms with van der Waals surface area (Å²) in [6, 6.07) is 13.4. The van der Waals surface area contributed by atoms with E-state index in [0.717, 1.165) is 29.8 Å². The fourth-order valence-electron chi connectivity index (χ4n) is 4.07. The third kappa shape index (κ3) is 3.84. The van der Waals surface area contributed by atoms with Crippen LogP contribution in [-0.2, 0) is 16.8 Å². The van der Waals surface area contributed by atoms with E-state index in [-0.39, 0.29) is 18.0 Å². The second kappa shape index (κ2) is 8.34. The molecular formula is C23H28N4O3. The smallest absolute Gasteiger partial charge is 0.318 e. The van der Waals surface area contributed by atoms with Crippen molar-refractivity contribution in [2.24, 2.45) is 0 Å². The molecule has 2 aliphatic rings. The third-order valence-electron chi connectivity index (χ3n) is 6.04. The normalized spacial score (nSPS) is 17.1. The van der Waals surface area contributed by atoms with Crippen LogP contribution >= 0.6 is 0 Å². The van der Waals surface area contributed by atoms with Gasteiger partial charge in [-0.3, -0.25) is 9.78 Å². The first kappa shape index (κ1) is 20.2. The molecule has 158 valence electrons. The second-order valence-corrected chi connectivity index (χ2v) is 7.96. The zero-order chi connectivity index (χ0) is 21.1. The lowest BCUT2D eigenvalue weighted by atomic mass is 9.92. The quantitative estimate of drug-likeness (QED) is 0.764.